The van der Waals surface area contributed by atoms with E-state index in [1.54, 1.807) is 18.5 Å². The van der Waals surface area contributed by atoms with Crippen LogP contribution in [0.3, 0.4) is 0 Å². The third kappa shape index (κ3) is 4.80. The van der Waals surface area contributed by atoms with Gasteiger partial charge in [-0.2, -0.15) is 0 Å². The first-order valence-electron chi connectivity index (χ1n) is 6.09. The van der Waals surface area contributed by atoms with Crippen LogP contribution in [-0.4, -0.2) is 39.7 Å². The molecule has 0 radical (unpaired) electrons. The van der Waals surface area contributed by atoms with E-state index in [4.69, 9.17) is 11.6 Å². The summed E-state index contributed by atoms with van der Waals surface area (Å²) in [6.45, 7) is 5.46. The van der Waals surface area contributed by atoms with Gasteiger partial charge < -0.3 is 10.2 Å². The van der Waals surface area contributed by atoms with Gasteiger partial charge in [0.25, 0.3) is 0 Å². The molecule has 1 N–H and O–H groups in total. The fourth-order valence-electron chi connectivity index (χ4n) is 1.50. The summed E-state index contributed by atoms with van der Waals surface area (Å²) in [5.74, 6) is -0.494. The summed E-state index contributed by atoms with van der Waals surface area (Å²) in [5, 5.41) is 4.32. The number of carbonyl (C=O) groups is 2. The monoisotopic (exact) mass is 303 g/mol. The van der Waals surface area contributed by atoms with Crippen LogP contribution in [0.5, 0.6) is 0 Å². The van der Waals surface area contributed by atoms with Gasteiger partial charge in [-0.05, 0) is 20.3 Å². The number of anilines is 1. The van der Waals surface area contributed by atoms with Crippen molar-refractivity contribution < 1.29 is 9.59 Å². The molecule has 5 nitrogen and oxygen atoms in total. The van der Waals surface area contributed by atoms with Crippen molar-refractivity contribution in [3.05, 3.63) is 11.6 Å². The van der Waals surface area contributed by atoms with Gasteiger partial charge in [-0.1, -0.05) is 6.92 Å². The molecule has 1 rings (SSSR count). The van der Waals surface area contributed by atoms with Crippen molar-refractivity contribution >= 4 is 39.9 Å². The van der Waals surface area contributed by atoms with Crippen LogP contribution < -0.4 is 5.32 Å². The highest BCUT2D eigenvalue weighted by atomic mass is 35.5. The molecule has 0 spiro atoms. The number of hydrogen-bond acceptors (Lipinski definition) is 4. The van der Waals surface area contributed by atoms with Gasteiger partial charge in [0.1, 0.15) is 11.9 Å². The molecule has 7 heteroatoms. The summed E-state index contributed by atoms with van der Waals surface area (Å²) in [6.07, 6.45) is 2.37. The molecule has 19 heavy (non-hydrogen) atoms. The highest BCUT2D eigenvalue weighted by molar-refractivity contribution is 7.13. The topological polar surface area (TPSA) is 62.3 Å². The largest absolute Gasteiger partial charge is 0.329 e. The Balaban J connectivity index is 2.66. The number of alkyl halides is 1. The Bertz CT molecular complexity index is 423. The maximum atomic E-state index is 12.0. The Morgan fingerprint density at radius 3 is 2.68 bits per heavy atom. The van der Waals surface area contributed by atoms with E-state index in [9.17, 15) is 9.59 Å². The molecule has 0 aliphatic carbocycles. The molecule has 0 aromatic carbocycles. The van der Waals surface area contributed by atoms with Gasteiger partial charge in [0.05, 0.1) is 0 Å². The van der Waals surface area contributed by atoms with E-state index in [0.717, 1.165) is 6.42 Å². The zero-order valence-electron chi connectivity index (χ0n) is 11.2. The zero-order valence-corrected chi connectivity index (χ0v) is 12.8. The van der Waals surface area contributed by atoms with Gasteiger partial charge in [-0.15, -0.1) is 22.9 Å². The molecule has 0 bridgehead atoms. The average molecular weight is 304 g/mol. The fraction of sp³-hybridized carbons (Fsp3) is 0.583. The molecule has 0 saturated heterocycles. The first kappa shape index (κ1) is 15.9. The molecule has 2 atom stereocenters. The molecule has 0 aliphatic heterocycles. The number of carbonyl (C=O) groups excluding carboxylic acids is 2. The highest BCUT2D eigenvalue weighted by Gasteiger charge is 2.25. The minimum Gasteiger partial charge on any atom is -0.329 e. The standard InChI is InChI=1S/C12H18ClN3O2S/c1-4-8(2)16(11(18)9(3)13)7-10(17)15-12-14-5-6-19-12/h5-6,8-9H,4,7H2,1-3H3,(H,14,15,17). The predicted molar refractivity (Wildman–Crippen MR) is 77.5 cm³/mol. The maximum Gasteiger partial charge on any atom is 0.245 e. The van der Waals surface area contributed by atoms with E-state index in [2.05, 4.69) is 10.3 Å². The van der Waals surface area contributed by atoms with Crippen LogP contribution >= 0.6 is 22.9 Å². The van der Waals surface area contributed by atoms with Gasteiger partial charge in [0, 0.05) is 17.6 Å². The Morgan fingerprint density at radius 1 is 1.53 bits per heavy atom. The highest BCUT2D eigenvalue weighted by Crippen LogP contribution is 2.12. The fourth-order valence-corrected chi connectivity index (χ4v) is 2.17. The van der Waals surface area contributed by atoms with Crippen molar-refractivity contribution in [3.8, 4) is 0 Å². The second kappa shape index (κ2) is 7.45. The van der Waals surface area contributed by atoms with Crippen molar-refractivity contribution in [2.75, 3.05) is 11.9 Å². The number of nitrogens with one attached hydrogen (secondary N) is 1. The molecule has 0 aliphatic rings. The van der Waals surface area contributed by atoms with Crippen LogP contribution in [0.1, 0.15) is 27.2 Å². The van der Waals surface area contributed by atoms with Crippen LogP contribution in [0, 0.1) is 0 Å². The quantitative estimate of drug-likeness (QED) is 0.821. The summed E-state index contributed by atoms with van der Waals surface area (Å²) in [7, 11) is 0. The minimum atomic E-state index is -0.637. The molecule has 106 valence electrons. The van der Waals surface area contributed by atoms with E-state index in [1.165, 1.54) is 16.2 Å². The lowest BCUT2D eigenvalue weighted by atomic mass is 10.2. The third-order valence-electron chi connectivity index (χ3n) is 2.74. The SMILES string of the molecule is CCC(C)N(CC(=O)Nc1nccs1)C(=O)C(C)Cl. The third-order valence-corrected chi connectivity index (χ3v) is 3.61. The molecule has 0 saturated carbocycles. The predicted octanol–water partition coefficient (Wildman–Crippen LogP) is 2.34. The minimum absolute atomic E-state index is 0.00944. The van der Waals surface area contributed by atoms with Gasteiger partial charge in [0.15, 0.2) is 5.13 Å². The Morgan fingerprint density at radius 2 is 2.21 bits per heavy atom. The van der Waals surface area contributed by atoms with Crippen molar-refractivity contribution in [2.45, 2.75) is 38.6 Å². The number of nitrogens with zero attached hydrogens (tertiary/aromatic N) is 2. The molecule has 1 aromatic heterocycles. The van der Waals surface area contributed by atoms with Crippen LogP contribution in [0.15, 0.2) is 11.6 Å². The maximum absolute atomic E-state index is 12.0. The van der Waals surface area contributed by atoms with E-state index in [1.807, 2.05) is 13.8 Å². The summed E-state index contributed by atoms with van der Waals surface area (Å²) in [5.41, 5.74) is 0. The van der Waals surface area contributed by atoms with Crippen molar-refractivity contribution in [1.29, 1.82) is 0 Å². The molecule has 1 aromatic rings. The first-order chi connectivity index (χ1) is 8.95. The molecule has 1 heterocycles. The summed E-state index contributed by atoms with van der Waals surface area (Å²) >= 11 is 7.15. The number of amides is 2. The van der Waals surface area contributed by atoms with Crippen LogP contribution in [0.25, 0.3) is 0 Å². The molecule has 0 fully saturated rings. The van der Waals surface area contributed by atoms with E-state index < -0.39 is 5.38 Å². The lowest BCUT2D eigenvalue weighted by Gasteiger charge is -2.28. The Kier molecular flexibility index (Phi) is 6.24. The van der Waals surface area contributed by atoms with E-state index in [-0.39, 0.29) is 24.4 Å². The summed E-state index contributed by atoms with van der Waals surface area (Å²) in [6, 6.07) is -0.0317. The van der Waals surface area contributed by atoms with E-state index >= 15 is 0 Å². The van der Waals surface area contributed by atoms with E-state index in [0.29, 0.717) is 5.13 Å². The second-order valence-corrected chi connectivity index (χ2v) is 5.77. The number of thiazole rings is 1. The van der Waals surface area contributed by atoms with Crippen LogP contribution in [-0.2, 0) is 9.59 Å². The van der Waals surface area contributed by atoms with Gasteiger partial charge in [0.2, 0.25) is 11.8 Å². The van der Waals surface area contributed by atoms with Crippen molar-refractivity contribution in [2.24, 2.45) is 0 Å². The van der Waals surface area contributed by atoms with Crippen LogP contribution in [0.2, 0.25) is 0 Å². The molecular formula is C12H18ClN3O2S. The van der Waals surface area contributed by atoms with Crippen molar-refractivity contribution in [3.63, 3.8) is 0 Å². The van der Waals surface area contributed by atoms with Gasteiger partial charge >= 0.3 is 0 Å². The lowest BCUT2D eigenvalue weighted by Crippen LogP contribution is -2.46. The Hall–Kier alpha value is -1.14. The summed E-state index contributed by atoms with van der Waals surface area (Å²) in [4.78, 5) is 29.3. The molecule has 2 unspecified atom stereocenters. The Labute approximate surface area is 122 Å². The number of hydrogen-bond donors (Lipinski definition) is 1. The number of rotatable bonds is 6. The van der Waals surface area contributed by atoms with Gasteiger partial charge in [-0.3, -0.25) is 9.59 Å². The second-order valence-electron chi connectivity index (χ2n) is 4.22. The van der Waals surface area contributed by atoms with Crippen LogP contribution in [0.4, 0.5) is 5.13 Å². The first-order valence-corrected chi connectivity index (χ1v) is 7.41. The van der Waals surface area contributed by atoms with Crippen molar-refractivity contribution in [1.82, 2.24) is 9.88 Å². The zero-order chi connectivity index (χ0) is 14.4. The molecular weight excluding hydrogens is 286 g/mol. The number of aromatic nitrogens is 1. The smallest absolute Gasteiger partial charge is 0.245 e. The lowest BCUT2D eigenvalue weighted by molar-refractivity contribution is -0.136. The normalized spacial score (nSPS) is 13.7. The average Bonchev–Trinajstić information content (AvgIpc) is 2.86. The summed E-state index contributed by atoms with van der Waals surface area (Å²) < 4.78 is 0. The molecule has 2 amide bonds. The van der Waals surface area contributed by atoms with Gasteiger partial charge in [-0.25, -0.2) is 4.98 Å². The number of halogens is 1.